The normalized spacial score (nSPS) is 11.3. The molecular weight excluding hydrogens is 669 g/mol. The highest BCUT2D eigenvalue weighted by Gasteiger charge is 2.18. The molecule has 0 amide bonds. The Labute approximate surface area is 319 Å². The predicted octanol–water partition coefficient (Wildman–Crippen LogP) is 14.0. The van der Waals surface area contributed by atoms with Crippen molar-refractivity contribution in [3.8, 4) is 78.4 Å². The largest absolute Gasteiger partial charge is 0.455 e. The number of fused-ring (bicyclic) bond motifs is 3. The minimum absolute atomic E-state index is 0.861. The molecule has 0 unspecified atom stereocenters. The van der Waals surface area contributed by atoms with Crippen molar-refractivity contribution in [3.63, 3.8) is 0 Å². The van der Waals surface area contributed by atoms with Crippen molar-refractivity contribution in [1.29, 1.82) is 0 Å². The first kappa shape index (κ1) is 32.3. The Morgan fingerprint density at radius 2 is 0.600 bits per heavy atom. The quantitative estimate of drug-likeness (QED) is 0.166. The maximum atomic E-state index is 6.98. The van der Waals surface area contributed by atoms with Gasteiger partial charge in [-0.25, -0.2) is 9.97 Å². The monoisotopic (exact) mass is 702 g/mol. The first-order valence-corrected chi connectivity index (χ1v) is 18.6. The molecule has 0 aliphatic rings. The SMILES string of the molecule is c1ccc(-c2cc(-c3cccc(-c4cccc5c4oc4c(-c6cc(-c7ccccc7)nc(-c7ccccc7)c6)cccc45)c3)cc(-c3ccccc3)n2)cc1. The summed E-state index contributed by atoms with van der Waals surface area (Å²) in [5.41, 5.74) is 16.2. The van der Waals surface area contributed by atoms with Crippen LogP contribution in [0, 0.1) is 0 Å². The highest BCUT2D eigenvalue weighted by molar-refractivity contribution is 6.13. The molecule has 7 aromatic carbocycles. The van der Waals surface area contributed by atoms with Crippen molar-refractivity contribution in [1.82, 2.24) is 9.97 Å². The maximum absolute atomic E-state index is 6.98. The summed E-state index contributed by atoms with van der Waals surface area (Å²) in [6.07, 6.45) is 0. The smallest absolute Gasteiger partial charge is 0.143 e. The van der Waals surface area contributed by atoms with E-state index in [4.69, 9.17) is 14.4 Å². The molecule has 0 N–H and O–H groups in total. The lowest BCUT2D eigenvalue weighted by atomic mass is 9.95. The Kier molecular flexibility index (Phi) is 8.16. The summed E-state index contributed by atoms with van der Waals surface area (Å²) in [6, 6.07) is 71.9. The second-order valence-corrected chi connectivity index (χ2v) is 13.8. The van der Waals surface area contributed by atoms with Gasteiger partial charge in [0.25, 0.3) is 0 Å². The van der Waals surface area contributed by atoms with Crippen molar-refractivity contribution in [2.24, 2.45) is 0 Å². The van der Waals surface area contributed by atoms with Gasteiger partial charge in [0.05, 0.1) is 22.8 Å². The molecule has 3 heterocycles. The van der Waals surface area contributed by atoms with Gasteiger partial charge in [0.1, 0.15) is 11.2 Å². The third-order valence-corrected chi connectivity index (χ3v) is 10.3. The van der Waals surface area contributed by atoms with Gasteiger partial charge in [-0.05, 0) is 52.6 Å². The zero-order chi connectivity index (χ0) is 36.6. The van der Waals surface area contributed by atoms with Crippen molar-refractivity contribution in [2.75, 3.05) is 0 Å². The van der Waals surface area contributed by atoms with Gasteiger partial charge in [-0.15, -0.1) is 0 Å². The lowest BCUT2D eigenvalue weighted by molar-refractivity contribution is 0.671. The van der Waals surface area contributed by atoms with Crippen LogP contribution in [0.1, 0.15) is 0 Å². The van der Waals surface area contributed by atoms with Gasteiger partial charge in [0.15, 0.2) is 0 Å². The van der Waals surface area contributed by atoms with Crippen molar-refractivity contribution in [2.45, 2.75) is 0 Å². The second-order valence-electron chi connectivity index (χ2n) is 13.8. The van der Waals surface area contributed by atoms with E-state index in [-0.39, 0.29) is 0 Å². The van der Waals surface area contributed by atoms with Gasteiger partial charge in [-0.3, -0.25) is 0 Å². The van der Waals surface area contributed by atoms with E-state index in [1.807, 2.05) is 24.3 Å². The molecule has 0 aliphatic heterocycles. The van der Waals surface area contributed by atoms with Crippen LogP contribution in [0.2, 0.25) is 0 Å². The van der Waals surface area contributed by atoms with Crippen LogP contribution in [0.15, 0.2) is 211 Å². The van der Waals surface area contributed by atoms with Gasteiger partial charge in [-0.1, -0.05) is 176 Å². The average Bonchev–Trinajstić information content (AvgIpc) is 3.67. The molecule has 0 radical (unpaired) electrons. The highest BCUT2D eigenvalue weighted by atomic mass is 16.3. The minimum atomic E-state index is 0.861. The first-order chi connectivity index (χ1) is 27.2. The number of furan rings is 1. The highest BCUT2D eigenvalue weighted by Crippen LogP contribution is 2.42. The molecule has 10 rings (SSSR count). The fraction of sp³-hybridized carbons (Fsp3) is 0. The molecule has 0 spiro atoms. The summed E-state index contributed by atoms with van der Waals surface area (Å²) in [6.45, 7) is 0. The van der Waals surface area contributed by atoms with Crippen molar-refractivity contribution >= 4 is 21.9 Å². The van der Waals surface area contributed by atoms with Gasteiger partial charge < -0.3 is 4.42 Å². The Morgan fingerprint density at radius 3 is 1.04 bits per heavy atom. The number of rotatable bonds is 7. The lowest BCUT2D eigenvalue weighted by Gasteiger charge is -2.12. The second kappa shape index (κ2) is 13.9. The molecule has 55 heavy (non-hydrogen) atoms. The van der Waals surface area contributed by atoms with Gasteiger partial charge in [0.2, 0.25) is 0 Å². The van der Waals surface area contributed by atoms with Crippen molar-refractivity contribution in [3.05, 3.63) is 206 Å². The van der Waals surface area contributed by atoms with Gasteiger partial charge >= 0.3 is 0 Å². The summed E-state index contributed by atoms with van der Waals surface area (Å²) in [7, 11) is 0. The zero-order valence-corrected chi connectivity index (χ0v) is 29.9. The Hall–Kier alpha value is -7.36. The van der Waals surface area contributed by atoms with Crippen LogP contribution in [-0.4, -0.2) is 9.97 Å². The molecule has 0 aliphatic carbocycles. The number of pyridine rings is 2. The fourth-order valence-electron chi connectivity index (χ4n) is 7.55. The number of hydrogen-bond donors (Lipinski definition) is 0. The summed E-state index contributed by atoms with van der Waals surface area (Å²) in [5.74, 6) is 0. The van der Waals surface area contributed by atoms with Crippen molar-refractivity contribution < 1.29 is 4.42 Å². The van der Waals surface area contributed by atoms with Crippen LogP contribution < -0.4 is 0 Å². The molecule has 0 fully saturated rings. The maximum Gasteiger partial charge on any atom is 0.143 e. The summed E-state index contributed by atoms with van der Waals surface area (Å²) >= 11 is 0. The summed E-state index contributed by atoms with van der Waals surface area (Å²) in [5, 5.41) is 2.17. The number of benzene rings is 7. The zero-order valence-electron chi connectivity index (χ0n) is 29.9. The summed E-state index contributed by atoms with van der Waals surface area (Å²) < 4.78 is 6.98. The molecular formula is C52H34N2O. The van der Waals surface area contributed by atoms with E-state index in [9.17, 15) is 0 Å². The van der Waals surface area contributed by atoms with Gasteiger partial charge in [-0.2, -0.15) is 0 Å². The van der Waals surface area contributed by atoms with Crippen LogP contribution in [0.25, 0.3) is 100 Å². The first-order valence-electron chi connectivity index (χ1n) is 18.6. The van der Waals surface area contributed by atoms with Crippen LogP contribution in [-0.2, 0) is 0 Å². The topological polar surface area (TPSA) is 38.9 Å². The number of aromatic nitrogens is 2. The van der Waals surface area contributed by atoms with Crippen LogP contribution in [0.4, 0.5) is 0 Å². The Morgan fingerprint density at radius 1 is 0.255 bits per heavy atom. The molecule has 3 nitrogen and oxygen atoms in total. The Bertz CT molecular complexity index is 2840. The fourth-order valence-corrected chi connectivity index (χ4v) is 7.55. The predicted molar refractivity (Wildman–Crippen MR) is 227 cm³/mol. The molecule has 3 heteroatoms. The van der Waals surface area contributed by atoms with E-state index in [2.05, 4.69) is 182 Å². The standard InChI is InChI=1S/C52H34N2O/c1-5-16-35(17-6-1)47-31-41(32-48(53-47)36-18-7-2-8-19-36)39-24-13-25-40(30-39)43-26-14-28-45-46-29-15-27-44(52(46)55-51(43)45)42-33-49(37-20-9-3-10-21-37)54-50(34-42)38-22-11-4-12-23-38/h1-34H. The van der Waals surface area contributed by atoms with E-state index in [0.717, 1.165) is 100 Å². The minimum Gasteiger partial charge on any atom is -0.455 e. The van der Waals surface area contributed by atoms with Gasteiger partial charge in [0, 0.05) is 44.2 Å². The third-order valence-electron chi connectivity index (χ3n) is 10.3. The van der Waals surface area contributed by atoms with E-state index >= 15 is 0 Å². The van der Waals surface area contributed by atoms with Crippen LogP contribution >= 0.6 is 0 Å². The van der Waals surface area contributed by atoms with Crippen LogP contribution in [0.5, 0.6) is 0 Å². The van der Waals surface area contributed by atoms with E-state index < -0.39 is 0 Å². The molecule has 258 valence electrons. The molecule has 0 bridgehead atoms. The summed E-state index contributed by atoms with van der Waals surface area (Å²) in [4.78, 5) is 10.2. The number of hydrogen-bond acceptors (Lipinski definition) is 3. The average molecular weight is 703 g/mol. The molecule has 3 aromatic heterocycles. The van der Waals surface area contributed by atoms with E-state index in [0.29, 0.717) is 0 Å². The van der Waals surface area contributed by atoms with E-state index in [1.165, 1.54) is 0 Å². The molecule has 0 atom stereocenters. The number of nitrogens with zero attached hydrogens (tertiary/aromatic N) is 2. The van der Waals surface area contributed by atoms with E-state index in [1.54, 1.807) is 0 Å². The lowest BCUT2D eigenvalue weighted by Crippen LogP contribution is -1.91. The third kappa shape index (κ3) is 6.18. The molecule has 0 saturated heterocycles. The molecule has 0 saturated carbocycles. The Balaban J connectivity index is 1.11. The number of para-hydroxylation sites is 2. The van der Waals surface area contributed by atoms with Crippen LogP contribution in [0.3, 0.4) is 0 Å². The molecule has 10 aromatic rings.